The average molecular weight is 245 g/mol. The Bertz CT molecular complexity index is 462. The highest BCUT2D eigenvalue weighted by atomic mass is 35.5. The molecule has 0 N–H and O–H groups in total. The lowest BCUT2D eigenvalue weighted by Crippen LogP contribution is -2.00. The van der Waals surface area contributed by atoms with Crippen molar-refractivity contribution in [1.82, 2.24) is 0 Å². The maximum atomic E-state index is 6.08. The van der Waals surface area contributed by atoms with E-state index in [0.717, 1.165) is 11.4 Å². The van der Waals surface area contributed by atoms with Crippen LogP contribution in [0.1, 0.15) is 36.8 Å². The van der Waals surface area contributed by atoms with Crippen LogP contribution >= 0.6 is 11.6 Å². The first-order chi connectivity index (χ1) is 8.31. The molecular weight excluding hydrogens is 228 g/mol. The summed E-state index contributed by atoms with van der Waals surface area (Å²) in [4.78, 5) is 0. The Morgan fingerprint density at radius 1 is 0.941 bits per heavy atom. The van der Waals surface area contributed by atoms with Crippen LogP contribution < -0.4 is 0 Å². The van der Waals surface area contributed by atoms with E-state index < -0.39 is 0 Å². The van der Waals surface area contributed by atoms with E-state index in [-0.39, 0.29) is 0 Å². The molecule has 1 unspecified atom stereocenters. The first-order valence-electron chi connectivity index (χ1n) is 6.11. The van der Waals surface area contributed by atoms with E-state index in [1.807, 2.05) is 12.1 Å². The summed E-state index contributed by atoms with van der Waals surface area (Å²) < 4.78 is 0. The topological polar surface area (TPSA) is 0 Å². The highest BCUT2D eigenvalue weighted by Gasteiger charge is 2.12. The largest absolute Gasteiger partial charge is 0.0843 e. The van der Waals surface area contributed by atoms with Crippen molar-refractivity contribution < 1.29 is 0 Å². The standard InChI is InChI=1S/C16H17Cl/c1-2-7-16(13-8-4-3-5-9-13)14-10-6-11-15(17)12-14/h3-6,8-12,16H,2,7H2,1H3. The highest BCUT2D eigenvalue weighted by Crippen LogP contribution is 2.30. The molecule has 1 heteroatoms. The molecule has 0 nitrogen and oxygen atoms in total. The SMILES string of the molecule is CCCC(c1ccccc1)c1cccc(Cl)c1. The molecule has 2 rings (SSSR count). The Morgan fingerprint density at radius 2 is 1.65 bits per heavy atom. The third kappa shape index (κ3) is 3.10. The molecule has 17 heavy (non-hydrogen) atoms. The van der Waals surface area contributed by atoms with Crippen molar-refractivity contribution in [3.8, 4) is 0 Å². The minimum Gasteiger partial charge on any atom is -0.0843 e. The second-order valence-electron chi connectivity index (χ2n) is 4.31. The van der Waals surface area contributed by atoms with Gasteiger partial charge in [-0.15, -0.1) is 0 Å². The zero-order valence-electron chi connectivity index (χ0n) is 10.1. The molecule has 0 aliphatic carbocycles. The van der Waals surface area contributed by atoms with Crippen molar-refractivity contribution in [1.29, 1.82) is 0 Å². The summed E-state index contributed by atoms with van der Waals surface area (Å²) in [6.45, 7) is 2.22. The first-order valence-corrected chi connectivity index (χ1v) is 6.49. The number of halogens is 1. The monoisotopic (exact) mass is 244 g/mol. The fourth-order valence-corrected chi connectivity index (χ4v) is 2.42. The molecule has 2 aromatic carbocycles. The minimum absolute atomic E-state index is 0.458. The number of hydrogen-bond acceptors (Lipinski definition) is 0. The predicted molar refractivity (Wildman–Crippen MR) is 74.6 cm³/mol. The molecular formula is C16H17Cl. The molecule has 0 saturated heterocycles. The fraction of sp³-hybridized carbons (Fsp3) is 0.250. The van der Waals surface area contributed by atoms with Gasteiger partial charge >= 0.3 is 0 Å². The Morgan fingerprint density at radius 3 is 2.29 bits per heavy atom. The molecule has 0 saturated carbocycles. The van der Waals surface area contributed by atoms with Gasteiger partial charge in [0.1, 0.15) is 0 Å². The quantitative estimate of drug-likeness (QED) is 0.687. The van der Waals surface area contributed by atoms with E-state index in [1.54, 1.807) is 0 Å². The van der Waals surface area contributed by atoms with Crippen molar-refractivity contribution in [2.75, 3.05) is 0 Å². The van der Waals surface area contributed by atoms with Crippen molar-refractivity contribution in [2.45, 2.75) is 25.7 Å². The Hall–Kier alpha value is -1.27. The molecule has 0 spiro atoms. The van der Waals surface area contributed by atoms with Crippen LogP contribution in [-0.2, 0) is 0 Å². The molecule has 0 bridgehead atoms. The maximum absolute atomic E-state index is 6.08. The smallest absolute Gasteiger partial charge is 0.0408 e. The van der Waals surface area contributed by atoms with Crippen LogP contribution in [0.15, 0.2) is 54.6 Å². The van der Waals surface area contributed by atoms with Gasteiger partial charge in [-0.2, -0.15) is 0 Å². The molecule has 1 atom stereocenters. The van der Waals surface area contributed by atoms with Gasteiger partial charge in [0.2, 0.25) is 0 Å². The molecule has 0 fully saturated rings. The number of benzene rings is 2. The average Bonchev–Trinajstić information content (AvgIpc) is 2.37. The second-order valence-corrected chi connectivity index (χ2v) is 4.74. The van der Waals surface area contributed by atoms with Gasteiger partial charge in [0.25, 0.3) is 0 Å². The summed E-state index contributed by atoms with van der Waals surface area (Å²) in [5.74, 6) is 0.458. The van der Waals surface area contributed by atoms with Crippen LogP contribution in [-0.4, -0.2) is 0 Å². The maximum Gasteiger partial charge on any atom is 0.0408 e. The number of rotatable bonds is 4. The van der Waals surface area contributed by atoms with Crippen molar-refractivity contribution >= 4 is 11.6 Å². The molecule has 0 amide bonds. The Balaban J connectivity index is 2.35. The zero-order chi connectivity index (χ0) is 12.1. The summed E-state index contributed by atoms with van der Waals surface area (Å²) in [5, 5.41) is 0.819. The van der Waals surface area contributed by atoms with Gasteiger partial charge in [0, 0.05) is 10.9 Å². The van der Waals surface area contributed by atoms with E-state index in [4.69, 9.17) is 11.6 Å². The van der Waals surface area contributed by atoms with Gasteiger partial charge in [0.05, 0.1) is 0 Å². The van der Waals surface area contributed by atoms with Gasteiger partial charge < -0.3 is 0 Å². The molecule has 0 aliphatic rings. The molecule has 0 heterocycles. The molecule has 2 aromatic rings. The van der Waals surface area contributed by atoms with E-state index >= 15 is 0 Å². The fourth-order valence-electron chi connectivity index (χ4n) is 2.22. The molecule has 0 radical (unpaired) electrons. The summed E-state index contributed by atoms with van der Waals surface area (Å²) in [6, 6.07) is 18.9. The molecule has 0 aromatic heterocycles. The highest BCUT2D eigenvalue weighted by molar-refractivity contribution is 6.30. The van der Waals surface area contributed by atoms with Crippen LogP contribution in [0.3, 0.4) is 0 Å². The van der Waals surface area contributed by atoms with Crippen molar-refractivity contribution in [3.63, 3.8) is 0 Å². The Kier molecular flexibility index (Phi) is 4.22. The summed E-state index contributed by atoms with van der Waals surface area (Å²) in [7, 11) is 0. The van der Waals surface area contributed by atoms with Crippen molar-refractivity contribution in [3.05, 3.63) is 70.7 Å². The van der Waals surface area contributed by atoms with Gasteiger partial charge in [-0.3, -0.25) is 0 Å². The van der Waals surface area contributed by atoms with Gasteiger partial charge in [-0.25, -0.2) is 0 Å². The van der Waals surface area contributed by atoms with E-state index in [2.05, 4.69) is 49.4 Å². The molecule has 0 aliphatic heterocycles. The summed E-state index contributed by atoms with van der Waals surface area (Å²) >= 11 is 6.08. The third-order valence-corrected chi connectivity index (χ3v) is 3.27. The van der Waals surface area contributed by atoms with E-state index in [0.29, 0.717) is 5.92 Å². The van der Waals surface area contributed by atoms with Gasteiger partial charge in [-0.1, -0.05) is 67.4 Å². The first kappa shape index (κ1) is 12.2. The second kappa shape index (κ2) is 5.88. The normalized spacial score (nSPS) is 12.4. The lowest BCUT2D eigenvalue weighted by atomic mass is 9.88. The summed E-state index contributed by atoms with van der Waals surface area (Å²) in [6.07, 6.45) is 2.33. The number of hydrogen-bond donors (Lipinski definition) is 0. The zero-order valence-corrected chi connectivity index (χ0v) is 10.8. The lowest BCUT2D eigenvalue weighted by Gasteiger charge is -2.17. The van der Waals surface area contributed by atoms with Crippen molar-refractivity contribution in [2.24, 2.45) is 0 Å². The summed E-state index contributed by atoms with van der Waals surface area (Å²) in [5.41, 5.74) is 2.68. The van der Waals surface area contributed by atoms with Gasteiger partial charge in [0.15, 0.2) is 0 Å². The third-order valence-electron chi connectivity index (χ3n) is 3.03. The van der Waals surface area contributed by atoms with Crippen LogP contribution in [0.2, 0.25) is 5.02 Å². The predicted octanol–water partition coefficient (Wildman–Crippen LogP) is 5.27. The molecule has 88 valence electrons. The lowest BCUT2D eigenvalue weighted by molar-refractivity contribution is 0.698. The van der Waals surface area contributed by atoms with Gasteiger partial charge in [-0.05, 0) is 29.7 Å². The van der Waals surface area contributed by atoms with Crippen LogP contribution in [0.25, 0.3) is 0 Å². The van der Waals surface area contributed by atoms with Crippen LogP contribution in [0.5, 0.6) is 0 Å². The minimum atomic E-state index is 0.458. The van der Waals surface area contributed by atoms with E-state index in [1.165, 1.54) is 17.5 Å². The van der Waals surface area contributed by atoms with Crippen LogP contribution in [0.4, 0.5) is 0 Å². The Labute approximate surface area is 108 Å². The van der Waals surface area contributed by atoms with Crippen LogP contribution in [0, 0.1) is 0 Å². The van der Waals surface area contributed by atoms with E-state index in [9.17, 15) is 0 Å².